The summed E-state index contributed by atoms with van der Waals surface area (Å²) in [5, 5.41) is 0. The monoisotopic (exact) mass is 312 g/mol. The predicted octanol–water partition coefficient (Wildman–Crippen LogP) is 3.00. The molecule has 3 nitrogen and oxygen atoms in total. The number of alkyl halides is 3. The van der Waals surface area contributed by atoms with E-state index in [1.54, 1.807) is 30.1 Å². The molecule has 17 heavy (non-hydrogen) atoms. The molecule has 0 aliphatic carbocycles. The number of nitrogens with zero attached hydrogens (tertiary/aromatic N) is 1. The molecular formula is C10H12BrF3N2O. The van der Waals surface area contributed by atoms with Crippen molar-refractivity contribution in [2.75, 3.05) is 30.8 Å². The Kier molecular flexibility index (Phi) is 4.64. The van der Waals surface area contributed by atoms with Gasteiger partial charge in [0.25, 0.3) is 0 Å². The molecule has 0 saturated heterocycles. The molecule has 0 heterocycles. The van der Waals surface area contributed by atoms with E-state index in [4.69, 9.17) is 5.73 Å². The van der Waals surface area contributed by atoms with Gasteiger partial charge in [0, 0.05) is 18.1 Å². The highest BCUT2D eigenvalue weighted by molar-refractivity contribution is 9.10. The lowest BCUT2D eigenvalue weighted by Gasteiger charge is -2.21. The van der Waals surface area contributed by atoms with Crippen LogP contribution in [0.15, 0.2) is 22.7 Å². The zero-order valence-electron chi connectivity index (χ0n) is 9.09. The van der Waals surface area contributed by atoms with Crippen molar-refractivity contribution in [1.82, 2.24) is 0 Å². The van der Waals surface area contributed by atoms with E-state index in [1.165, 1.54) is 0 Å². The van der Waals surface area contributed by atoms with Crippen LogP contribution in [0.25, 0.3) is 0 Å². The fourth-order valence-electron chi connectivity index (χ4n) is 1.29. The predicted molar refractivity (Wildman–Crippen MR) is 63.8 cm³/mol. The first-order chi connectivity index (χ1) is 7.79. The van der Waals surface area contributed by atoms with Gasteiger partial charge in [-0.25, -0.2) is 0 Å². The second-order valence-electron chi connectivity index (χ2n) is 3.42. The third-order valence-corrected chi connectivity index (χ3v) is 2.59. The molecular weight excluding hydrogens is 301 g/mol. The van der Waals surface area contributed by atoms with E-state index in [-0.39, 0.29) is 6.54 Å². The van der Waals surface area contributed by atoms with Crippen LogP contribution >= 0.6 is 15.9 Å². The second kappa shape index (κ2) is 5.59. The van der Waals surface area contributed by atoms with Gasteiger partial charge in [0.15, 0.2) is 0 Å². The van der Waals surface area contributed by atoms with Gasteiger partial charge in [-0.05, 0) is 18.2 Å². The van der Waals surface area contributed by atoms with Gasteiger partial charge in [-0.15, -0.1) is 13.2 Å². The fourth-order valence-corrected chi connectivity index (χ4v) is 1.67. The van der Waals surface area contributed by atoms with Gasteiger partial charge in [-0.1, -0.05) is 15.9 Å². The van der Waals surface area contributed by atoms with Crippen LogP contribution in [0.3, 0.4) is 0 Å². The molecule has 0 atom stereocenters. The van der Waals surface area contributed by atoms with E-state index < -0.39 is 13.0 Å². The maximum absolute atomic E-state index is 11.8. The first-order valence-corrected chi connectivity index (χ1v) is 5.56. The Morgan fingerprint density at radius 3 is 2.59 bits per heavy atom. The molecule has 0 bridgehead atoms. The van der Waals surface area contributed by atoms with Crippen LogP contribution in [0, 0.1) is 0 Å². The number of nitrogens with two attached hydrogens (primary N) is 1. The molecule has 1 aromatic rings. The van der Waals surface area contributed by atoms with Crippen molar-refractivity contribution in [2.45, 2.75) is 6.36 Å². The number of rotatable bonds is 4. The highest BCUT2D eigenvalue weighted by atomic mass is 79.9. The minimum atomic E-state index is -4.59. The lowest BCUT2D eigenvalue weighted by molar-refractivity contribution is -0.323. The standard InChI is InChI=1S/C10H12BrF3N2O/c1-16(4-5-17-10(12,13)14)9-3-2-7(11)6-8(9)15/h2-3,6H,4-5,15H2,1H3. The Morgan fingerprint density at radius 2 is 2.06 bits per heavy atom. The Hall–Kier alpha value is -0.950. The smallest absolute Gasteiger partial charge is 0.397 e. The second-order valence-corrected chi connectivity index (χ2v) is 4.33. The largest absolute Gasteiger partial charge is 0.522 e. The molecule has 2 N–H and O–H groups in total. The molecule has 0 radical (unpaired) electrons. The quantitative estimate of drug-likeness (QED) is 0.869. The van der Waals surface area contributed by atoms with Gasteiger partial charge in [-0.3, -0.25) is 4.74 Å². The van der Waals surface area contributed by atoms with Crippen LogP contribution < -0.4 is 10.6 Å². The van der Waals surface area contributed by atoms with Crippen molar-refractivity contribution in [3.8, 4) is 0 Å². The van der Waals surface area contributed by atoms with Gasteiger partial charge in [0.05, 0.1) is 18.0 Å². The summed E-state index contributed by atoms with van der Waals surface area (Å²) in [5.41, 5.74) is 6.91. The number of hydrogen-bond acceptors (Lipinski definition) is 3. The van der Waals surface area contributed by atoms with Crippen LogP contribution in [0.5, 0.6) is 0 Å². The van der Waals surface area contributed by atoms with Crippen molar-refractivity contribution >= 4 is 27.3 Å². The van der Waals surface area contributed by atoms with Gasteiger partial charge < -0.3 is 10.6 Å². The molecule has 0 unspecified atom stereocenters. The minimum Gasteiger partial charge on any atom is -0.397 e. The summed E-state index contributed by atoms with van der Waals surface area (Å²) in [6, 6.07) is 5.19. The number of hydrogen-bond donors (Lipinski definition) is 1. The first-order valence-electron chi connectivity index (χ1n) is 4.76. The van der Waals surface area contributed by atoms with E-state index in [0.717, 1.165) is 4.47 Å². The topological polar surface area (TPSA) is 38.5 Å². The molecule has 7 heteroatoms. The van der Waals surface area contributed by atoms with E-state index in [0.29, 0.717) is 11.4 Å². The van der Waals surface area contributed by atoms with E-state index in [2.05, 4.69) is 20.7 Å². The summed E-state index contributed by atoms with van der Waals surface area (Å²) >= 11 is 3.25. The van der Waals surface area contributed by atoms with Crippen LogP contribution in [0.4, 0.5) is 24.5 Å². The van der Waals surface area contributed by atoms with Crippen LogP contribution in [-0.4, -0.2) is 26.6 Å². The lowest BCUT2D eigenvalue weighted by Crippen LogP contribution is -2.26. The fraction of sp³-hybridized carbons (Fsp3) is 0.400. The Balaban J connectivity index is 2.55. The SMILES string of the molecule is CN(CCOC(F)(F)F)c1ccc(Br)cc1N. The summed E-state index contributed by atoms with van der Waals surface area (Å²) < 4.78 is 39.8. The molecule has 0 saturated carbocycles. The van der Waals surface area contributed by atoms with Gasteiger partial charge in [-0.2, -0.15) is 0 Å². The van der Waals surface area contributed by atoms with Crippen molar-refractivity contribution in [3.63, 3.8) is 0 Å². The number of ether oxygens (including phenoxy) is 1. The summed E-state index contributed by atoms with van der Waals surface area (Å²) in [6.45, 7) is -0.332. The first kappa shape index (κ1) is 14.1. The summed E-state index contributed by atoms with van der Waals surface area (Å²) in [4.78, 5) is 1.60. The average Bonchev–Trinajstić information content (AvgIpc) is 2.15. The minimum absolute atomic E-state index is 0.103. The molecule has 0 fully saturated rings. The Labute approximate surface area is 105 Å². The van der Waals surface area contributed by atoms with Crippen LogP contribution in [0.1, 0.15) is 0 Å². The number of halogens is 4. The number of nitrogen functional groups attached to an aromatic ring is 1. The summed E-state index contributed by atoms with van der Waals surface area (Å²) in [7, 11) is 1.65. The molecule has 0 spiro atoms. The Morgan fingerprint density at radius 1 is 1.41 bits per heavy atom. The van der Waals surface area contributed by atoms with Crippen molar-refractivity contribution in [1.29, 1.82) is 0 Å². The van der Waals surface area contributed by atoms with E-state index >= 15 is 0 Å². The number of benzene rings is 1. The highest BCUT2D eigenvalue weighted by Crippen LogP contribution is 2.26. The summed E-state index contributed by atoms with van der Waals surface area (Å²) in [6.07, 6.45) is -4.59. The highest BCUT2D eigenvalue weighted by Gasteiger charge is 2.28. The van der Waals surface area contributed by atoms with E-state index in [1.807, 2.05) is 0 Å². The average molecular weight is 313 g/mol. The maximum Gasteiger partial charge on any atom is 0.522 e. The van der Waals surface area contributed by atoms with Crippen molar-refractivity contribution in [2.24, 2.45) is 0 Å². The molecule has 1 aromatic carbocycles. The maximum atomic E-state index is 11.8. The molecule has 0 amide bonds. The molecule has 1 rings (SSSR count). The third kappa shape index (κ3) is 4.82. The van der Waals surface area contributed by atoms with Gasteiger partial charge >= 0.3 is 6.36 Å². The van der Waals surface area contributed by atoms with Crippen LogP contribution in [0.2, 0.25) is 0 Å². The number of anilines is 2. The zero-order chi connectivity index (χ0) is 13.1. The Bertz CT molecular complexity index is 384. The summed E-state index contributed by atoms with van der Waals surface area (Å²) in [5.74, 6) is 0. The lowest BCUT2D eigenvalue weighted by atomic mass is 10.2. The van der Waals surface area contributed by atoms with Crippen molar-refractivity contribution < 1.29 is 17.9 Å². The molecule has 0 aliphatic rings. The third-order valence-electron chi connectivity index (χ3n) is 2.09. The zero-order valence-corrected chi connectivity index (χ0v) is 10.7. The van der Waals surface area contributed by atoms with E-state index in [9.17, 15) is 13.2 Å². The number of likely N-dealkylation sites (N-methyl/N-ethyl adjacent to an activating group) is 1. The molecule has 0 aliphatic heterocycles. The molecule has 96 valence electrons. The van der Waals surface area contributed by atoms with Gasteiger partial charge in [0.2, 0.25) is 0 Å². The van der Waals surface area contributed by atoms with Gasteiger partial charge in [0.1, 0.15) is 0 Å². The van der Waals surface area contributed by atoms with Crippen molar-refractivity contribution in [3.05, 3.63) is 22.7 Å². The normalized spacial score (nSPS) is 11.6. The van der Waals surface area contributed by atoms with Crippen LogP contribution in [-0.2, 0) is 4.74 Å². The molecule has 0 aromatic heterocycles.